The van der Waals surface area contributed by atoms with Gasteiger partial charge in [0.2, 0.25) is 0 Å². The van der Waals surface area contributed by atoms with E-state index >= 15 is 0 Å². The molecule has 1 rings (SSSR count). The van der Waals surface area contributed by atoms with Crippen molar-refractivity contribution in [3.8, 4) is 12.3 Å². The third kappa shape index (κ3) is 3.77. The molecule has 0 atom stereocenters. The van der Waals surface area contributed by atoms with Gasteiger partial charge in [-0.1, -0.05) is 0 Å². The predicted octanol–water partition coefficient (Wildman–Crippen LogP) is 0.575. The third-order valence-corrected chi connectivity index (χ3v) is 1.79. The lowest BCUT2D eigenvalue weighted by Crippen LogP contribution is -2.17. The highest BCUT2D eigenvalue weighted by atomic mass is 15.2. The fourth-order valence-electron chi connectivity index (χ4n) is 1.12. The van der Waals surface area contributed by atoms with Gasteiger partial charge in [-0.05, 0) is 18.5 Å². The highest BCUT2D eigenvalue weighted by Crippen LogP contribution is 1.95. The number of aromatic nitrogens is 2. The van der Waals surface area contributed by atoms with Crippen LogP contribution in [0.1, 0.15) is 12.0 Å². The molecule has 1 aromatic heterocycles. The lowest BCUT2D eigenvalue weighted by Gasteiger charge is -1.99. The summed E-state index contributed by atoms with van der Waals surface area (Å²) in [6.45, 7) is 1.87. The van der Waals surface area contributed by atoms with Gasteiger partial charge in [0.1, 0.15) is 0 Å². The second-order valence-electron chi connectivity index (χ2n) is 2.98. The maximum Gasteiger partial charge on any atom is 0.0522 e. The first-order valence-electron chi connectivity index (χ1n) is 4.44. The van der Waals surface area contributed by atoms with Gasteiger partial charge in [-0.25, -0.2) is 0 Å². The Kier molecular flexibility index (Phi) is 4.07. The van der Waals surface area contributed by atoms with E-state index in [1.165, 1.54) is 5.56 Å². The summed E-state index contributed by atoms with van der Waals surface area (Å²) in [6, 6.07) is 0. The van der Waals surface area contributed by atoms with E-state index < -0.39 is 0 Å². The number of aryl methyl sites for hydroxylation is 1. The van der Waals surface area contributed by atoms with Crippen LogP contribution in [-0.2, 0) is 13.5 Å². The zero-order chi connectivity index (χ0) is 9.52. The van der Waals surface area contributed by atoms with Crippen molar-refractivity contribution in [1.29, 1.82) is 0 Å². The summed E-state index contributed by atoms with van der Waals surface area (Å²) >= 11 is 0. The summed E-state index contributed by atoms with van der Waals surface area (Å²) in [5.74, 6) is 2.59. The zero-order valence-corrected chi connectivity index (χ0v) is 7.95. The van der Waals surface area contributed by atoms with E-state index in [4.69, 9.17) is 6.42 Å². The summed E-state index contributed by atoms with van der Waals surface area (Å²) in [5.41, 5.74) is 1.26. The zero-order valence-electron chi connectivity index (χ0n) is 7.95. The first-order chi connectivity index (χ1) is 6.33. The number of hydrogen-bond donors (Lipinski definition) is 1. The summed E-state index contributed by atoms with van der Waals surface area (Å²) in [5, 5.41) is 7.35. The minimum atomic E-state index is 0.799. The van der Waals surface area contributed by atoms with Gasteiger partial charge in [0.05, 0.1) is 6.20 Å². The van der Waals surface area contributed by atoms with Crippen molar-refractivity contribution in [2.75, 3.05) is 13.1 Å². The summed E-state index contributed by atoms with van der Waals surface area (Å²) in [4.78, 5) is 0. The number of hydrogen-bond acceptors (Lipinski definition) is 2. The molecule has 0 spiro atoms. The molecule has 3 nitrogen and oxygen atoms in total. The Morgan fingerprint density at radius 2 is 2.46 bits per heavy atom. The molecule has 0 aliphatic rings. The molecule has 70 valence electrons. The molecule has 0 bridgehead atoms. The van der Waals surface area contributed by atoms with E-state index in [-0.39, 0.29) is 0 Å². The molecular formula is C10H15N3. The number of rotatable bonds is 5. The van der Waals surface area contributed by atoms with Crippen molar-refractivity contribution in [3.63, 3.8) is 0 Å². The average Bonchev–Trinajstić information content (AvgIpc) is 2.51. The minimum Gasteiger partial charge on any atom is -0.315 e. The lowest BCUT2D eigenvalue weighted by atomic mass is 10.2. The SMILES string of the molecule is C#CCCNCCc1cnn(C)c1. The van der Waals surface area contributed by atoms with Crippen LogP contribution in [0.25, 0.3) is 0 Å². The number of nitrogens with zero attached hydrogens (tertiary/aromatic N) is 2. The van der Waals surface area contributed by atoms with Crippen LogP contribution >= 0.6 is 0 Å². The number of nitrogens with one attached hydrogen (secondary N) is 1. The largest absolute Gasteiger partial charge is 0.315 e. The summed E-state index contributed by atoms with van der Waals surface area (Å²) in [7, 11) is 1.93. The Morgan fingerprint density at radius 1 is 1.62 bits per heavy atom. The second kappa shape index (κ2) is 5.39. The smallest absolute Gasteiger partial charge is 0.0522 e. The number of terminal acetylenes is 1. The van der Waals surface area contributed by atoms with Crippen molar-refractivity contribution in [2.24, 2.45) is 7.05 Å². The maximum absolute atomic E-state index is 5.12. The minimum absolute atomic E-state index is 0.799. The predicted molar refractivity (Wildman–Crippen MR) is 53.2 cm³/mol. The molecule has 0 aliphatic carbocycles. The molecule has 0 radical (unpaired) electrons. The molecule has 1 heterocycles. The van der Waals surface area contributed by atoms with Crippen molar-refractivity contribution < 1.29 is 0 Å². The molecule has 1 N–H and O–H groups in total. The standard InChI is InChI=1S/C10H15N3/c1-3-4-6-11-7-5-10-8-12-13(2)9-10/h1,8-9,11H,4-7H2,2H3. The highest BCUT2D eigenvalue weighted by molar-refractivity contribution is 5.03. The van der Waals surface area contributed by atoms with Crippen LogP contribution in [-0.4, -0.2) is 22.9 Å². The first-order valence-corrected chi connectivity index (χ1v) is 4.44. The molecule has 13 heavy (non-hydrogen) atoms. The summed E-state index contributed by atoms with van der Waals surface area (Å²) < 4.78 is 1.82. The molecule has 0 unspecified atom stereocenters. The van der Waals surface area contributed by atoms with Crippen LogP contribution in [0.15, 0.2) is 12.4 Å². The maximum atomic E-state index is 5.12. The lowest BCUT2D eigenvalue weighted by molar-refractivity contribution is 0.693. The highest BCUT2D eigenvalue weighted by Gasteiger charge is 1.94. The molecule has 0 fully saturated rings. The van der Waals surface area contributed by atoms with E-state index in [0.29, 0.717) is 0 Å². The topological polar surface area (TPSA) is 29.9 Å². The van der Waals surface area contributed by atoms with Gasteiger partial charge >= 0.3 is 0 Å². The van der Waals surface area contributed by atoms with E-state index in [1.54, 1.807) is 0 Å². The Bertz CT molecular complexity index is 283. The molecule has 1 aromatic rings. The second-order valence-corrected chi connectivity index (χ2v) is 2.98. The van der Waals surface area contributed by atoms with Crippen LogP contribution in [0, 0.1) is 12.3 Å². The molecule has 0 amide bonds. The van der Waals surface area contributed by atoms with E-state index in [2.05, 4.69) is 16.3 Å². The Balaban J connectivity index is 2.10. The fourth-order valence-corrected chi connectivity index (χ4v) is 1.12. The Morgan fingerprint density at radius 3 is 3.08 bits per heavy atom. The van der Waals surface area contributed by atoms with Gasteiger partial charge in [-0.3, -0.25) is 4.68 Å². The molecular weight excluding hydrogens is 162 g/mol. The van der Waals surface area contributed by atoms with Gasteiger partial charge in [-0.2, -0.15) is 5.10 Å². The molecule has 0 saturated carbocycles. The quantitative estimate of drug-likeness (QED) is 0.526. The summed E-state index contributed by atoms with van der Waals surface area (Å²) in [6.07, 6.45) is 10.9. The molecule has 0 aromatic carbocycles. The van der Waals surface area contributed by atoms with Crippen LogP contribution in [0.3, 0.4) is 0 Å². The first kappa shape index (κ1) is 9.82. The average molecular weight is 177 g/mol. The van der Waals surface area contributed by atoms with Crippen LogP contribution in [0.2, 0.25) is 0 Å². The van der Waals surface area contributed by atoms with Gasteiger partial charge in [0.25, 0.3) is 0 Å². The van der Waals surface area contributed by atoms with Gasteiger partial charge in [0.15, 0.2) is 0 Å². The van der Waals surface area contributed by atoms with Gasteiger partial charge < -0.3 is 5.32 Å². The van der Waals surface area contributed by atoms with E-state index in [0.717, 1.165) is 25.9 Å². The van der Waals surface area contributed by atoms with E-state index in [1.807, 2.05) is 24.1 Å². The third-order valence-electron chi connectivity index (χ3n) is 1.79. The van der Waals surface area contributed by atoms with Gasteiger partial charge in [0, 0.05) is 26.2 Å². The van der Waals surface area contributed by atoms with Crippen molar-refractivity contribution in [1.82, 2.24) is 15.1 Å². The Hall–Kier alpha value is -1.27. The van der Waals surface area contributed by atoms with Crippen LogP contribution in [0.4, 0.5) is 0 Å². The fraction of sp³-hybridized carbons (Fsp3) is 0.500. The van der Waals surface area contributed by atoms with Crippen LogP contribution in [0.5, 0.6) is 0 Å². The molecule has 0 saturated heterocycles. The molecule has 3 heteroatoms. The van der Waals surface area contributed by atoms with Crippen molar-refractivity contribution in [3.05, 3.63) is 18.0 Å². The monoisotopic (exact) mass is 177 g/mol. The van der Waals surface area contributed by atoms with Gasteiger partial charge in [-0.15, -0.1) is 12.3 Å². The van der Waals surface area contributed by atoms with Crippen molar-refractivity contribution in [2.45, 2.75) is 12.8 Å². The van der Waals surface area contributed by atoms with E-state index in [9.17, 15) is 0 Å². The Labute approximate surface area is 79.1 Å². The van der Waals surface area contributed by atoms with Crippen LogP contribution < -0.4 is 5.32 Å². The van der Waals surface area contributed by atoms with Crippen molar-refractivity contribution >= 4 is 0 Å². The molecule has 0 aliphatic heterocycles. The normalized spacial score (nSPS) is 9.85.